The number of ether oxygens (including phenoxy) is 1. The topological polar surface area (TPSA) is 26.3 Å². The number of ketones is 1. The molecule has 0 aromatic heterocycles. The summed E-state index contributed by atoms with van der Waals surface area (Å²) in [6.07, 6.45) is 5.17. The second kappa shape index (κ2) is 4.69. The number of fused-ring (bicyclic) bond motifs is 1. The number of benzene rings is 1. The fourth-order valence-corrected chi connectivity index (χ4v) is 3.17. The van der Waals surface area contributed by atoms with Gasteiger partial charge in [0.05, 0.1) is 6.61 Å². The van der Waals surface area contributed by atoms with Gasteiger partial charge in [-0.15, -0.1) is 0 Å². The highest BCUT2D eigenvalue weighted by Gasteiger charge is 2.42. The van der Waals surface area contributed by atoms with E-state index in [4.69, 9.17) is 4.74 Å². The number of carbonyl (C=O) groups is 1. The molecular formula is C15H17BrO2. The van der Waals surface area contributed by atoms with Crippen LogP contribution >= 0.6 is 15.9 Å². The van der Waals surface area contributed by atoms with E-state index in [1.54, 1.807) is 0 Å². The maximum atomic E-state index is 11.7. The molecule has 1 saturated carbocycles. The zero-order valence-corrected chi connectivity index (χ0v) is 12.0. The number of hydrogen-bond donors (Lipinski definition) is 0. The number of rotatable bonds is 4. The van der Waals surface area contributed by atoms with E-state index in [2.05, 4.69) is 22.0 Å². The Morgan fingerprint density at radius 1 is 1.28 bits per heavy atom. The van der Waals surface area contributed by atoms with E-state index in [1.807, 2.05) is 12.1 Å². The van der Waals surface area contributed by atoms with Crippen molar-refractivity contribution in [3.63, 3.8) is 0 Å². The van der Waals surface area contributed by atoms with Gasteiger partial charge in [-0.05, 0) is 49.4 Å². The van der Waals surface area contributed by atoms with E-state index >= 15 is 0 Å². The number of hydrogen-bond acceptors (Lipinski definition) is 2. The molecule has 3 heteroatoms. The van der Waals surface area contributed by atoms with Crippen LogP contribution in [0.15, 0.2) is 18.2 Å². The van der Waals surface area contributed by atoms with Gasteiger partial charge in [0.1, 0.15) is 5.75 Å². The standard InChI is InChI=1S/C15H17BrO2/c16-9-15(6-7-15)10-18-12-4-5-13-11(8-12)2-1-3-14(13)17/h4-5,8H,1-3,6-7,9-10H2. The summed E-state index contributed by atoms with van der Waals surface area (Å²) in [5.41, 5.74) is 2.42. The third-order valence-corrected chi connectivity index (χ3v) is 5.20. The van der Waals surface area contributed by atoms with Crippen LogP contribution in [0.4, 0.5) is 0 Å². The molecule has 0 heterocycles. The molecule has 0 amide bonds. The summed E-state index contributed by atoms with van der Waals surface area (Å²) in [6, 6.07) is 5.92. The molecular weight excluding hydrogens is 292 g/mol. The summed E-state index contributed by atoms with van der Waals surface area (Å²) in [5, 5.41) is 1.02. The summed E-state index contributed by atoms with van der Waals surface area (Å²) in [4.78, 5) is 11.7. The summed E-state index contributed by atoms with van der Waals surface area (Å²) in [6.45, 7) is 0.783. The number of aryl methyl sites for hydroxylation is 1. The highest BCUT2D eigenvalue weighted by Crippen LogP contribution is 2.47. The Bertz CT molecular complexity index is 477. The quantitative estimate of drug-likeness (QED) is 0.792. The third kappa shape index (κ3) is 2.33. The van der Waals surface area contributed by atoms with Crippen LogP contribution in [-0.4, -0.2) is 17.7 Å². The van der Waals surface area contributed by atoms with Gasteiger partial charge in [-0.3, -0.25) is 4.79 Å². The minimum Gasteiger partial charge on any atom is -0.493 e. The summed E-state index contributed by atoms with van der Waals surface area (Å²) in [5.74, 6) is 1.19. The average Bonchev–Trinajstić information content (AvgIpc) is 3.17. The molecule has 96 valence electrons. The van der Waals surface area contributed by atoms with E-state index in [9.17, 15) is 4.79 Å². The van der Waals surface area contributed by atoms with Crippen molar-refractivity contribution in [2.75, 3.05) is 11.9 Å². The molecule has 18 heavy (non-hydrogen) atoms. The van der Waals surface area contributed by atoms with E-state index in [0.717, 1.165) is 41.7 Å². The number of Topliss-reactive ketones (excluding diaryl/α,β-unsaturated/α-hetero) is 1. The second-order valence-corrected chi connectivity index (χ2v) is 6.08. The predicted octanol–water partition coefficient (Wildman–Crippen LogP) is 3.76. The second-order valence-electron chi connectivity index (χ2n) is 5.52. The molecule has 2 nitrogen and oxygen atoms in total. The van der Waals surface area contributed by atoms with Crippen LogP contribution in [0.25, 0.3) is 0 Å². The Morgan fingerprint density at radius 3 is 2.83 bits per heavy atom. The molecule has 0 bridgehead atoms. The lowest BCUT2D eigenvalue weighted by Gasteiger charge is -2.17. The van der Waals surface area contributed by atoms with Crippen molar-refractivity contribution in [1.82, 2.24) is 0 Å². The maximum Gasteiger partial charge on any atom is 0.163 e. The Balaban J connectivity index is 1.72. The molecule has 1 fully saturated rings. The Kier molecular flexibility index (Phi) is 3.18. The van der Waals surface area contributed by atoms with E-state index in [1.165, 1.54) is 12.8 Å². The van der Waals surface area contributed by atoms with Gasteiger partial charge in [-0.25, -0.2) is 0 Å². The van der Waals surface area contributed by atoms with Gasteiger partial charge in [-0.2, -0.15) is 0 Å². The zero-order valence-electron chi connectivity index (χ0n) is 10.4. The predicted molar refractivity (Wildman–Crippen MR) is 74.7 cm³/mol. The van der Waals surface area contributed by atoms with E-state index in [-0.39, 0.29) is 5.78 Å². The van der Waals surface area contributed by atoms with Gasteiger partial charge < -0.3 is 4.74 Å². The maximum absolute atomic E-state index is 11.7. The Labute approximate surface area is 116 Å². The number of carbonyl (C=O) groups excluding carboxylic acids is 1. The van der Waals surface area contributed by atoms with Crippen molar-refractivity contribution < 1.29 is 9.53 Å². The Hall–Kier alpha value is -0.830. The van der Waals surface area contributed by atoms with Crippen molar-refractivity contribution in [1.29, 1.82) is 0 Å². The van der Waals surface area contributed by atoms with Gasteiger partial charge in [0.25, 0.3) is 0 Å². The lowest BCUT2D eigenvalue weighted by molar-refractivity contribution is 0.0972. The number of halogens is 1. The van der Waals surface area contributed by atoms with Crippen LogP contribution in [0, 0.1) is 5.41 Å². The fourth-order valence-electron chi connectivity index (χ4n) is 2.44. The van der Waals surface area contributed by atoms with Crippen LogP contribution < -0.4 is 4.74 Å². The number of alkyl halides is 1. The lowest BCUT2D eigenvalue weighted by Crippen LogP contribution is -2.15. The van der Waals surface area contributed by atoms with Crippen molar-refractivity contribution in [3.8, 4) is 5.75 Å². The van der Waals surface area contributed by atoms with Crippen molar-refractivity contribution in [3.05, 3.63) is 29.3 Å². The molecule has 1 aromatic carbocycles. The van der Waals surface area contributed by atoms with Crippen LogP contribution in [0.5, 0.6) is 5.75 Å². The van der Waals surface area contributed by atoms with Gasteiger partial charge in [0, 0.05) is 22.7 Å². The largest absolute Gasteiger partial charge is 0.493 e. The molecule has 2 aliphatic rings. The van der Waals surface area contributed by atoms with Gasteiger partial charge in [0.15, 0.2) is 5.78 Å². The van der Waals surface area contributed by atoms with Crippen molar-refractivity contribution in [2.24, 2.45) is 5.41 Å². The monoisotopic (exact) mass is 308 g/mol. The fraction of sp³-hybridized carbons (Fsp3) is 0.533. The first-order valence-corrected chi connectivity index (χ1v) is 7.70. The molecule has 0 atom stereocenters. The lowest BCUT2D eigenvalue weighted by atomic mass is 9.90. The first-order chi connectivity index (χ1) is 8.72. The van der Waals surface area contributed by atoms with Crippen molar-refractivity contribution in [2.45, 2.75) is 32.1 Å². The zero-order chi connectivity index (χ0) is 12.6. The summed E-state index contributed by atoms with van der Waals surface area (Å²) in [7, 11) is 0. The molecule has 0 saturated heterocycles. The Morgan fingerprint density at radius 2 is 2.11 bits per heavy atom. The molecule has 3 rings (SSSR count). The molecule has 0 radical (unpaired) electrons. The average molecular weight is 309 g/mol. The summed E-state index contributed by atoms with van der Waals surface area (Å²) >= 11 is 3.55. The highest BCUT2D eigenvalue weighted by atomic mass is 79.9. The summed E-state index contributed by atoms with van der Waals surface area (Å²) < 4.78 is 5.88. The molecule has 0 spiro atoms. The van der Waals surface area contributed by atoms with Crippen LogP contribution in [0.1, 0.15) is 41.6 Å². The van der Waals surface area contributed by atoms with Crippen LogP contribution in [-0.2, 0) is 6.42 Å². The van der Waals surface area contributed by atoms with Gasteiger partial charge in [0.2, 0.25) is 0 Å². The molecule has 1 aromatic rings. The molecule has 0 unspecified atom stereocenters. The molecule has 0 aliphatic heterocycles. The minimum absolute atomic E-state index is 0.280. The highest BCUT2D eigenvalue weighted by molar-refractivity contribution is 9.09. The van der Waals surface area contributed by atoms with Crippen LogP contribution in [0.2, 0.25) is 0 Å². The first-order valence-electron chi connectivity index (χ1n) is 6.57. The normalized spacial score (nSPS) is 20.4. The van der Waals surface area contributed by atoms with E-state index in [0.29, 0.717) is 11.8 Å². The minimum atomic E-state index is 0.280. The molecule has 0 N–H and O–H groups in total. The van der Waals surface area contributed by atoms with E-state index < -0.39 is 0 Å². The first kappa shape index (κ1) is 12.2. The SMILES string of the molecule is O=C1CCCc2cc(OCC3(CBr)CC3)ccc21. The third-order valence-electron chi connectivity index (χ3n) is 4.01. The van der Waals surface area contributed by atoms with Crippen molar-refractivity contribution >= 4 is 21.7 Å². The molecule has 2 aliphatic carbocycles. The van der Waals surface area contributed by atoms with Gasteiger partial charge >= 0.3 is 0 Å². The van der Waals surface area contributed by atoms with Gasteiger partial charge in [-0.1, -0.05) is 15.9 Å². The smallest absolute Gasteiger partial charge is 0.163 e. The van der Waals surface area contributed by atoms with Crippen LogP contribution in [0.3, 0.4) is 0 Å².